The summed E-state index contributed by atoms with van der Waals surface area (Å²) in [5.41, 5.74) is 2.03. The molecule has 2 aromatic carbocycles. The molecule has 0 aliphatic carbocycles. The number of carbonyl (C=O) groups is 1. The minimum atomic E-state index is -1.29. The van der Waals surface area contributed by atoms with Crippen molar-refractivity contribution >= 4 is 22.6 Å². The van der Waals surface area contributed by atoms with Crippen LogP contribution in [0.4, 0.5) is 5.69 Å². The van der Waals surface area contributed by atoms with Gasteiger partial charge in [0.2, 0.25) is 0 Å². The first-order chi connectivity index (χ1) is 11.8. The molecule has 0 bridgehead atoms. The van der Waals surface area contributed by atoms with Crippen LogP contribution in [0.15, 0.2) is 54.6 Å². The number of likely N-dealkylation sites (N-methyl/N-ethyl adjacent to an activating group) is 1. The van der Waals surface area contributed by atoms with Crippen molar-refractivity contribution in [3.8, 4) is 0 Å². The molecule has 1 amide bonds. The van der Waals surface area contributed by atoms with Gasteiger partial charge in [-0.05, 0) is 32.4 Å². The van der Waals surface area contributed by atoms with Crippen LogP contribution in [-0.2, 0) is 21.3 Å². The van der Waals surface area contributed by atoms with E-state index in [1.54, 1.807) is 11.9 Å². The van der Waals surface area contributed by atoms with Crippen molar-refractivity contribution < 1.29 is 9.00 Å². The van der Waals surface area contributed by atoms with Gasteiger partial charge in [-0.2, -0.15) is 4.31 Å². The normalized spacial score (nSPS) is 29.0. The topological polar surface area (TPSA) is 40.4 Å². The highest BCUT2D eigenvalue weighted by atomic mass is 32.2. The zero-order valence-corrected chi connectivity index (χ0v) is 15.7. The minimum Gasteiger partial charge on any atom is -0.313 e. The van der Waals surface area contributed by atoms with Crippen molar-refractivity contribution in [2.45, 2.75) is 37.1 Å². The maximum Gasteiger partial charge on any atom is 0.254 e. The first kappa shape index (κ1) is 16.5. The highest BCUT2D eigenvalue weighted by Gasteiger charge is 2.76. The average Bonchev–Trinajstić information content (AvgIpc) is 3.24. The van der Waals surface area contributed by atoms with E-state index in [-0.39, 0.29) is 11.9 Å². The molecule has 1 saturated heterocycles. The molecule has 2 aliphatic heterocycles. The van der Waals surface area contributed by atoms with Gasteiger partial charge in [0.25, 0.3) is 5.91 Å². The first-order valence-corrected chi connectivity index (χ1v) is 9.56. The fourth-order valence-corrected chi connectivity index (χ4v) is 5.39. The van der Waals surface area contributed by atoms with Crippen LogP contribution >= 0.6 is 0 Å². The Morgan fingerprint density at radius 1 is 1.00 bits per heavy atom. The van der Waals surface area contributed by atoms with Crippen molar-refractivity contribution in [1.29, 1.82) is 0 Å². The van der Waals surface area contributed by atoms with Crippen molar-refractivity contribution in [1.82, 2.24) is 4.31 Å². The molecule has 1 spiro atoms. The van der Waals surface area contributed by atoms with Crippen molar-refractivity contribution in [3.63, 3.8) is 0 Å². The van der Waals surface area contributed by atoms with Gasteiger partial charge in [-0.1, -0.05) is 48.5 Å². The van der Waals surface area contributed by atoms with E-state index in [4.69, 9.17) is 0 Å². The number of nitrogens with zero attached hydrogens (tertiary/aromatic N) is 2. The van der Waals surface area contributed by atoms with E-state index in [0.717, 1.165) is 16.8 Å². The molecule has 4 atom stereocenters. The summed E-state index contributed by atoms with van der Waals surface area (Å²) in [5, 5.41) is 0. The van der Waals surface area contributed by atoms with E-state index in [1.165, 1.54) is 0 Å². The number of rotatable bonds is 2. The molecule has 5 heteroatoms. The Labute approximate surface area is 151 Å². The number of hydrogen-bond donors (Lipinski definition) is 0. The molecule has 4 rings (SSSR count). The quantitative estimate of drug-likeness (QED) is 0.776. The van der Waals surface area contributed by atoms with Gasteiger partial charge in [0.15, 0.2) is 5.54 Å². The number of anilines is 1. The van der Waals surface area contributed by atoms with Crippen LogP contribution in [0.1, 0.15) is 37.9 Å². The second-order valence-electron chi connectivity index (χ2n) is 7.65. The molecule has 2 unspecified atom stereocenters. The van der Waals surface area contributed by atoms with Gasteiger partial charge in [-0.3, -0.25) is 4.79 Å². The molecule has 0 aromatic heterocycles. The SMILES string of the molecule is CN1C(=O)[C@]2(c3ccccc31)[C@H](c1ccccc1)N2S(=O)C(C)(C)C. The first-order valence-electron chi connectivity index (χ1n) is 8.45. The summed E-state index contributed by atoms with van der Waals surface area (Å²) in [7, 11) is 0.505. The maximum atomic E-state index is 13.3. The van der Waals surface area contributed by atoms with E-state index in [0.29, 0.717) is 0 Å². The van der Waals surface area contributed by atoms with Crippen LogP contribution in [0.3, 0.4) is 0 Å². The number of carbonyl (C=O) groups excluding carboxylic acids is 1. The molecule has 1 fully saturated rings. The van der Waals surface area contributed by atoms with Gasteiger partial charge >= 0.3 is 0 Å². The molecule has 130 valence electrons. The van der Waals surface area contributed by atoms with Crippen LogP contribution in [0, 0.1) is 0 Å². The maximum absolute atomic E-state index is 13.3. The van der Waals surface area contributed by atoms with E-state index in [9.17, 15) is 9.00 Å². The number of benzene rings is 2. The zero-order chi connectivity index (χ0) is 18.0. The monoisotopic (exact) mass is 354 g/mol. The van der Waals surface area contributed by atoms with E-state index < -0.39 is 21.3 Å². The lowest BCUT2D eigenvalue weighted by atomic mass is 9.93. The molecular weight excluding hydrogens is 332 g/mol. The van der Waals surface area contributed by atoms with Gasteiger partial charge in [0, 0.05) is 18.3 Å². The van der Waals surface area contributed by atoms with E-state index in [1.807, 2.05) is 79.7 Å². The minimum absolute atomic E-state index is 0.000142. The summed E-state index contributed by atoms with van der Waals surface area (Å²) in [6, 6.07) is 17.6. The second-order valence-corrected chi connectivity index (χ2v) is 9.76. The van der Waals surface area contributed by atoms with Crippen LogP contribution < -0.4 is 4.90 Å². The van der Waals surface area contributed by atoms with Crippen molar-refractivity contribution in [3.05, 3.63) is 65.7 Å². The lowest BCUT2D eigenvalue weighted by Crippen LogP contribution is -2.36. The van der Waals surface area contributed by atoms with Crippen LogP contribution in [0.5, 0.6) is 0 Å². The van der Waals surface area contributed by atoms with Crippen molar-refractivity contribution in [2.75, 3.05) is 11.9 Å². The van der Waals surface area contributed by atoms with Crippen LogP contribution in [-0.4, -0.2) is 26.2 Å². The predicted octanol–water partition coefficient (Wildman–Crippen LogP) is 3.38. The summed E-state index contributed by atoms with van der Waals surface area (Å²) in [4.78, 5) is 15.0. The van der Waals surface area contributed by atoms with Gasteiger partial charge in [-0.15, -0.1) is 0 Å². The molecule has 2 aromatic rings. The number of hydrogen-bond acceptors (Lipinski definition) is 2. The predicted molar refractivity (Wildman–Crippen MR) is 100 cm³/mol. The summed E-state index contributed by atoms with van der Waals surface area (Å²) in [5.74, 6) is 0.000142. The highest BCUT2D eigenvalue weighted by molar-refractivity contribution is 7.84. The molecule has 0 saturated carbocycles. The number of amides is 1. The average molecular weight is 354 g/mol. The summed E-state index contributed by atoms with van der Waals surface area (Å²) in [6.07, 6.45) is 0. The molecule has 25 heavy (non-hydrogen) atoms. The standard InChI is InChI=1S/C20H22N2O2S/c1-19(2,3)25(24)22-17(14-10-6-5-7-11-14)20(22)15-12-8-9-13-16(15)21(4)18(20)23/h5-13,17H,1-4H3/t17-,20-,22?,25?/m0/s1. The Hall–Kier alpha value is -1.98. The number of fused-ring (bicyclic) bond motifs is 2. The molecule has 2 heterocycles. The molecular formula is C20H22N2O2S. The smallest absolute Gasteiger partial charge is 0.254 e. The summed E-state index contributed by atoms with van der Waals surface area (Å²) >= 11 is 0. The molecule has 0 N–H and O–H groups in total. The van der Waals surface area contributed by atoms with Gasteiger partial charge in [0.05, 0.1) is 10.8 Å². The molecule has 2 aliphatic rings. The third-order valence-corrected chi connectivity index (χ3v) is 6.94. The Balaban J connectivity index is 1.93. The number of para-hydroxylation sites is 1. The summed E-state index contributed by atoms with van der Waals surface area (Å²) < 4.78 is 14.8. The second kappa shape index (κ2) is 5.26. The Bertz CT molecular complexity index is 875. The lowest BCUT2D eigenvalue weighted by Gasteiger charge is -2.20. The van der Waals surface area contributed by atoms with E-state index in [2.05, 4.69) is 0 Å². The lowest BCUT2D eigenvalue weighted by molar-refractivity contribution is -0.120. The molecule has 4 nitrogen and oxygen atoms in total. The Morgan fingerprint density at radius 3 is 2.24 bits per heavy atom. The van der Waals surface area contributed by atoms with E-state index >= 15 is 0 Å². The third kappa shape index (κ3) is 2.09. The third-order valence-electron chi connectivity index (χ3n) is 5.03. The largest absolute Gasteiger partial charge is 0.313 e. The van der Waals surface area contributed by atoms with Crippen LogP contribution in [0.2, 0.25) is 0 Å². The Kier molecular flexibility index (Phi) is 3.47. The fourth-order valence-electron chi connectivity index (χ4n) is 3.85. The Morgan fingerprint density at radius 2 is 1.60 bits per heavy atom. The van der Waals surface area contributed by atoms with Gasteiger partial charge in [-0.25, -0.2) is 4.21 Å². The van der Waals surface area contributed by atoms with Gasteiger partial charge < -0.3 is 4.90 Å². The van der Waals surface area contributed by atoms with Crippen LogP contribution in [0.25, 0.3) is 0 Å². The summed E-state index contributed by atoms with van der Waals surface area (Å²) in [6.45, 7) is 5.85. The molecule has 0 radical (unpaired) electrons. The van der Waals surface area contributed by atoms with Gasteiger partial charge in [0.1, 0.15) is 11.0 Å². The highest BCUT2D eigenvalue weighted by Crippen LogP contribution is 2.67. The van der Waals surface area contributed by atoms with Crippen molar-refractivity contribution in [2.24, 2.45) is 0 Å². The zero-order valence-electron chi connectivity index (χ0n) is 14.9. The fraction of sp³-hybridized carbons (Fsp3) is 0.350.